The molecule has 0 aliphatic carbocycles. The molecule has 0 saturated heterocycles. The summed E-state index contributed by atoms with van der Waals surface area (Å²) < 4.78 is 28.2. The van der Waals surface area contributed by atoms with Gasteiger partial charge < -0.3 is 10.1 Å². The highest BCUT2D eigenvalue weighted by Crippen LogP contribution is 2.23. The van der Waals surface area contributed by atoms with Crippen LogP contribution in [0, 0.1) is 5.41 Å². The molecule has 0 aromatic heterocycles. The van der Waals surface area contributed by atoms with Crippen molar-refractivity contribution in [2.24, 2.45) is 5.41 Å². The average molecular weight is 345 g/mol. The molecule has 3 nitrogen and oxygen atoms in total. The van der Waals surface area contributed by atoms with Crippen LogP contribution in [-0.4, -0.2) is 14.5 Å². The van der Waals surface area contributed by atoms with Gasteiger partial charge in [0.1, 0.15) is 11.5 Å². The summed E-state index contributed by atoms with van der Waals surface area (Å²) in [6.07, 6.45) is 0. The Bertz CT molecular complexity index is 589. The Morgan fingerprint density at radius 3 is 1.96 bits per heavy atom. The van der Waals surface area contributed by atoms with Crippen molar-refractivity contribution in [3.8, 4) is 11.5 Å². The van der Waals surface area contributed by atoms with Crippen molar-refractivity contribution in [3.05, 3.63) is 54.6 Å². The summed E-state index contributed by atoms with van der Waals surface area (Å²) in [7, 11) is 0.500. The van der Waals surface area contributed by atoms with Gasteiger partial charge in [0.15, 0.2) is 0 Å². The van der Waals surface area contributed by atoms with Gasteiger partial charge in [-0.3, -0.25) is 13.9 Å². The Hall–Kier alpha value is -2.43. The fraction of sp³-hybridized carbons (Fsp3) is 0.316. The molecule has 0 aliphatic rings. The van der Waals surface area contributed by atoms with Crippen LogP contribution >= 0.6 is 0 Å². The first-order valence-corrected chi connectivity index (χ1v) is 6.97. The minimum atomic E-state index is -0.404. The minimum absolute atomic E-state index is 0. The zero-order chi connectivity index (χ0) is 18.6. The molecule has 136 valence electrons. The van der Waals surface area contributed by atoms with E-state index in [1.165, 1.54) is 0 Å². The first kappa shape index (κ1) is 21.6. The Morgan fingerprint density at radius 1 is 1.04 bits per heavy atom. The lowest BCUT2D eigenvalue weighted by Gasteiger charge is -2.17. The monoisotopic (exact) mass is 345 g/mol. The highest BCUT2D eigenvalue weighted by Gasteiger charge is 2.20. The molecular weight excluding hydrogens is 312 g/mol. The third-order valence-electron chi connectivity index (χ3n) is 2.77. The van der Waals surface area contributed by atoms with E-state index in [-0.39, 0.29) is 14.8 Å². The van der Waals surface area contributed by atoms with Gasteiger partial charge >= 0.3 is 0 Å². The number of rotatable bonds is 3. The summed E-state index contributed by atoms with van der Waals surface area (Å²) in [5.41, 5.74) is 0.365. The van der Waals surface area contributed by atoms with Gasteiger partial charge in [0.2, 0.25) is 5.91 Å². The van der Waals surface area contributed by atoms with Crippen molar-refractivity contribution >= 4 is 11.6 Å². The number of halogens is 2. The van der Waals surface area contributed by atoms with E-state index in [1.807, 2.05) is 75.4 Å². The number of anilines is 1. The molecule has 1 amide bonds. The van der Waals surface area contributed by atoms with Crippen molar-refractivity contribution in [1.29, 1.82) is 1.45 Å². The number of carbonyl (C=O) groups excluding carboxylic acids is 1. The van der Waals surface area contributed by atoms with Crippen molar-refractivity contribution < 1.29 is 20.1 Å². The number of amides is 1. The molecule has 2 aromatic carbocycles. The van der Waals surface area contributed by atoms with Crippen molar-refractivity contribution in [2.45, 2.75) is 28.2 Å². The molecule has 5 heteroatoms. The van der Waals surface area contributed by atoms with Gasteiger partial charge in [-0.25, -0.2) is 0 Å². The minimum Gasteiger partial charge on any atom is -0.457 e. The molecule has 0 saturated carbocycles. The van der Waals surface area contributed by atoms with Gasteiger partial charge in [-0.05, 0) is 36.4 Å². The Balaban J connectivity index is -0.000000824. The van der Waals surface area contributed by atoms with Gasteiger partial charge in [0.25, 0.3) is 1.45 Å². The van der Waals surface area contributed by atoms with Crippen LogP contribution < -0.4 is 10.1 Å². The van der Waals surface area contributed by atoms with E-state index < -0.39 is 5.41 Å². The Labute approximate surface area is 146 Å². The molecule has 0 bridgehead atoms. The van der Waals surface area contributed by atoms with E-state index in [2.05, 4.69) is 6.77 Å². The van der Waals surface area contributed by atoms with Crippen LogP contribution in [-0.2, 0) is 4.79 Å². The van der Waals surface area contributed by atoms with E-state index in [4.69, 9.17) is 9.45 Å². The van der Waals surface area contributed by atoms with Crippen LogP contribution in [0.1, 0.15) is 29.6 Å². The SMILES string of the molecule is C.CC(C)(C)C(=O)Nc1ccc(Oc2ccccc2)cc1.CF.[3HH].[3H]F. The molecule has 2 rings (SSSR count). The topological polar surface area (TPSA) is 38.3 Å². The first-order valence-electron chi connectivity index (χ1n) is 7.35. The Morgan fingerprint density at radius 2 is 1.50 bits per heavy atom. The number of ether oxygens (including phenoxy) is 1. The zero-order valence-corrected chi connectivity index (χ0v) is 13.8. The average Bonchev–Trinajstić information content (AvgIpc) is 2.60. The molecule has 0 heterocycles. The zero-order valence-electron chi connectivity index (χ0n) is 14.8. The van der Waals surface area contributed by atoms with Gasteiger partial charge in [0.05, 0.1) is 7.18 Å². The highest BCUT2D eigenvalue weighted by atomic mass is 19.1. The molecule has 1 N–H and O–H groups in total. The lowest BCUT2D eigenvalue weighted by molar-refractivity contribution is -0.123. The highest BCUT2D eigenvalue weighted by molar-refractivity contribution is 5.94. The number of hydrogen-bond acceptors (Lipinski definition) is 2. The van der Waals surface area contributed by atoms with Gasteiger partial charge in [-0.2, -0.15) is 0 Å². The quantitative estimate of drug-likeness (QED) is 0.731. The van der Waals surface area contributed by atoms with E-state index >= 15 is 0 Å². The standard InChI is InChI=1S/C17H19NO2.CH3F.CH4.FH.H2/c1-17(2,3)16(19)18-13-9-11-15(12-10-13)20-14-7-5-4-6-8-14;1-2;;;/h4-12H,1-3H3,(H,18,19);1H3;1H4;2*1H/i;;;;1+2/hT. The van der Waals surface area contributed by atoms with Gasteiger partial charge in [0, 0.05) is 12.5 Å². The van der Waals surface area contributed by atoms with E-state index in [0.717, 1.165) is 17.2 Å². The third kappa shape index (κ3) is 7.72. The van der Waals surface area contributed by atoms with Crippen LogP contribution in [0.15, 0.2) is 54.6 Å². The van der Waals surface area contributed by atoms with E-state index in [9.17, 15) is 9.18 Å². The summed E-state index contributed by atoms with van der Waals surface area (Å²) in [4.78, 5) is 11.9. The second-order valence-electron chi connectivity index (χ2n) is 5.64. The molecule has 0 radical (unpaired) electrons. The summed E-state index contributed by atoms with van der Waals surface area (Å²) in [6, 6.07) is 16.9. The molecule has 0 fully saturated rings. The molecule has 0 aliphatic heterocycles. The van der Waals surface area contributed by atoms with Gasteiger partial charge in [-0.1, -0.05) is 46.4 Å². The second-order valence-corrected chi connectivity index (χ2v) is 5.64. The largest absolute Gasteiger partial charge is 0.457 e. The summed E-state index contributed by atoms with van der Waals surface area (Å²) in [6.45, 7) is 5.65. The van der Waals surface area contributed by atoms with Crippen molar-refractivity contribution in [1.82, 2.24) is 0 Å². The molecule has 0 spiro atoms. The predicted octanol–water partition coefficient (Wildman–Crippen LogP) is 6.08. The van der Waals surface area contributed by atoms with Crippen LogP contribution in [0.4, 0.5) is 14.8 Å². The summed E-state index contributed by atoms with van der Waals surface area (Å²) in [5.74, 6) is 1.53. The second kappa shape index (κ2) is 11.2. The molecule has 2 aromatic rings. The van der Waals surface area contributed by atoms with Crippen LogP contribution in [0.2, 0.25) is 0 Å². The summed E-state index contributed by atoms with van der Waals surface area (Å²) in [5, 5.41) is 2.88. The maximum Gasteiger partial charge on any atom is 0.269 e. The lowest BCUT2D eigenvalue weighted by atomic mass is 9.95. The number of para-hydroxylation sites is 1. The number of alkyl halides is 1. The third-order valence-corrected chi connectivity index (χ3v) is 2.77. The van der Waals surface area contributed by atoms with Crippen molar-refractivity contribution in [3.63, 3.8) is 0 Å². The van der Waals surface area contributed by atoms with E-state index in [1.54, 1.807) is 0 Å². The van der Waals surface area contributed by atoms with Crippen molar-refractivity contribution in [2.75, 3.05) is 12.5 Å². The predicted molar refractivity (Wildman–Crippen MR) is 99.4 cm³/mol. The van der Waals surface area contributed by atoms with Gasteiger partial charge in [-0.15, -0.1) is 0 Å². The fourth-order valence-corrected chi connectivity index (χ4v) is 1.55. The molecule has 24 heavy (non-hydrogen) atoms. The van der Waals surface area contributed by atoms with Crippen LogP contribution in [0.3, 0.4) is 0 Å². The van der Waals surface area contributed by atoms with Crippen LogP contribution in [0.5, 0.6) is 11.5 Å². The Kier molecular flexibility index (Phi) is 10.0. The maximum atomic E-state index is 11.9. The normalized spacial score (nSPS) is 9.67. The van der Waals surface area contributed by atoms with E-state index in [0.29, 0.717) is 7.18 Å². The number of carbonyl (C=O) groups is 1. The first-order chi connectivity index (χ1) is 11.4. The molecular formula is C19H29F2NO2. The summed E-state index contributed by atoms with van der Waals surface area (Å²) >= 11 is 0. The lowest BCUT2D eigenvalue weighted by Crippen LogP contribution is -2.27. The fourth-order valence-electron chi connectivity index (χ4n) is 1.55. The smallest absolute Gasteiger partial charge is 0.269 e. The molecule has 0 atom stereocenters. The molecule has 0 unspecified atom stereocenters. The maximum absolute atomic E-state index is 11.9. The van der Waals surface area contributed by atoms with Crippen LogP contribution in [0.25, 0.3) is 0 Å². The number of benzene rings is 2. The number of hydrogen-bond donors (Lipinski definition) is 1. The number of nitrogens with one attached hydrogen (secondary N) is 1.